The maximum atomic E-state index is 14.5. The molecule has 11 nitrogen and oxygen atoms in total. The number of sulfone groups is 1. The SMILES string of the molecule is Cc1nccn1CC1CN(C(=O)[C@H]2CN([C@H]3c4ccc(Cl)cc4CCc4cc(Br)cnc43)CCN2C(=O)OC(C)(C)C)CCS1(=O)=O. The van der Waals surface area contributed by atoms with Crippen LogP contribution < -0.4 is 0 Å². The molecular formula is C33H40BrClN6O5S. The van der Waals surface area contributed by atoms with Crippen LogP contribution in [0.2, 0.25) is 5.02 Å². The first kappa shape index (κ1) is 33.9. The van der Waals surface area contributed by atoms with Crippen molar-refractivity contribution in [1.29, 1.82) is 0 Å². The van der Waals surface area contributed by atoms with Gasteiger partial charge in [0.25, 0.3) is 0 Å². The normalized spacial score (nSPS) is 23.1. The van der Waals surface area contributed by atoms with E-state index in [0.717, 1.165) is 39.7 Å². The minimum Gasteiger partial charge on any atom is -0.444 e. The van der Waals surface area contributed by atoms with Gasteiger partial charge in [0.05, 0.1) is 22.7 Å². The van der Waals surface area contributed by atoms with E-state index in [2.05, 4.69) is 31.9 Å². The smallest absolute Gasteiger partial charge is 0.411 e. The van der Waals surface area contributed by atoms with Crippen molar-refractivity contribution in [2.24, 2.45) is 0 Å². The van der Waals surface area contributed by atoms with Gasteiger partial charge in [0.2, 0.25) is 5.91 Å². The van der Waals surface area contributed by atoms with E-state index in [1.807, 2.05) is 25.1 Å². The van der Waals surface area contributed by atoms with Crippen LogP contribution in [0.3, 0.4) is 0 Å². The summed E-state index contributed by atoms with van der Waals surface area (Å²) in [4.78, 5) is 42.6. The molecule has 1 aromatic carbocycles. The molecule has 2 saturated heterocycles. The Kier molecular flexibility index (Phi) is 9.47. The summed E-state index contributed by atoms with van der Waals surface area (Å²) in [6.07, 6.45) is 6.18. The number of carbonyl (C=O) groups excluding carboxylic acids is 2. The minimum atomic E-state index is -3.45. The first-order valence-electron chi connectivity index (χ1n) is 15.8. The molecule has 4 heterocycles. The second-order valence-corrected chi connectivity index (χ2v) is 17.3. The molecule has 0 spiro atoms. The second kappa shape index (κ2) is 13.1. The van der Waals surface area contributed by atoms with Gasteiger partial charge < -0.3 is 14.2 Å². The summed E-state index contributed by atoms with van der Waals surface area (Å²) in [5.41, 5.74) is 3.44. The molecule has 1 aliphatic carbocycles. The van der Waals surface area contributed by atoms with Gasteiger partial charge in [-0.15, -0.1) is 0 Å². The Bertz CT molecular complexity index is 1740. The number of rotatable bonds is 4. The van der Waals surface area contributed by atoms with Gasteiger partial charge in [-0.3, -0.25) is 19.6 Å². The molecule has 2 aliphatic heterocycles. The van der Waals surface area contributed by atoms with Gasteiger partial charge in [0.1, 0.15) is 17.5 Å². The van der Waals surface area contributed by atoms with Crippen LogP contribution in [0.25, 0.3) is 0 Å². The van der Waals surface area contributed by atoms with E-state index in [4.69, 9.17) is 21.3 Å². The van der Waals surface area contributed by atoms with E-state index < -0.39 is 32.8 Å². The van der Waals surface area contributed by atoms with E-state index in [1.54, 1.807) is 48.8 Å². The maximum Gasteiger partial charge on any atom is 0.411 e. The number of imidazole rings is 1. The van der Waals surface area contributed by atoms with Gasteiger partial charge in [0.15, 0.2) is 9.84 Å². The van der Waals surface area contributed by atoms with E-state index in [1.165, 1.54) is 4.90 Å². The Balaban J connectivity index is 1.35. The lowest BCUT2D eigenvalue weighted by atomic mass is 9.95. The second-order valence-electron chi connectivity index (χ2n) is 13.5. The molecule has 0 N–H and O–H groups in total. The highest BCUT2D eigenvalue weighted by Gasteiger charge is 2.45. The Labute approximate surface area is 289 Å². The average Bonchev–Trinajstić information content (AvgIpc) is 3.33. The van der Waals surface area contributed by atoms with Crippen LogP contribution >= 0.6 is 27.5 Å². The highest BCUT2D eigenvalue weighted by molar-refractivity contribution is 9.10. The molecule has 1 unspecified atom stereocenters. The van der Waals surface area contributed by atoms with E-state index in [-0.39, 0.29) is 50.4 Å². The Morgan fingerprint density at radius 2 is 1.83 bits per heavy atom. The van der Waals surface area contributed by atoms with Gasteiger partial charge in [-0.25, -0.2) is 18.2 Å². The third kappa shape index (κ3) is 7.23. The van der Waals surface area contributed by atoms with Crippen molar-refractivity contribution in [3.8, 4) is 0 Å². The van der Waals surface area contributed by atoms with Crippen molar-refractivity contribution >= 4 is 49.4 Å². The van der Waals surface area contributed by atoms with E-state index in [0.29, 0.717) is 17.4 Å². The summed E-state index contributed by atoms with van der Waals surface area (Å²) < 4.78 is 34.8. The lowest BCUT2D eigenvalue weighted by Gasteiger charge is -2.46. The minimum absolute atomic E-state index is 0.0284. The van der Waals surface area contributed by atoms with Crippen molar-refractivity contribution in [3.05, 3.63) is 80.6 Å². The zero-order chi connectivity index (χ0) is 33.7. The molecule has 2 aromatic heterocycles. The fourth-order valence-electron chi connectivity index (χ4n) is 6.82. The Hall–Kier alpha value is -3.00. The van der Waals surface area contributed by atoms with Crippen molar-refractivity contribution in [3.63, 3.8) is 0 Å². The predicted octanol–water partition coefficient (Wildman–Crippen LogP) is 4.44. The van der Waals surface area contributed by atoms with Crippen molar-refractivity contribution in [2.45, 2.75) is 70.0 Å². The van der Waals surface area contributed by atoms with Gasteiger partial charge in [-0.1, -0.05) is 17.7 Å². The zero-order valence-corrected chi connectivity index (χ0v) is 30.2. The molecule has 2 amide bonds. The summed E-state index contributed by atoms with van der Waals surface area (Å²) in [7, 11) is -3.45. The third-order valence-corrected chi connectivity index (χ3v) is 11.9. The monoisotopic (exact) mass is 746 g/mol. The number of carbonyl (C=O) groups is 2. The lowest BCUT2D eigenvalue weighted by molar-refractivity contribution is -0.139. The van der Waals surface area contributed by atoms with E-state index in [9.17, 15) is 18.0 Å². The average molecular weight is 748 g/mol. The lowest BCUT2D eigenvalue weighted by Crippen LogP contribution is -2.64. The molecule has 3 aliphatic rings. The molecule has 252 valence electrons. The number of piperazine rings is 1. The fourth-order valence-corrected chi connectivity index (χ4v) is 9.00. The van der Waals surface area contributed by atoms with Crippen LogP contribution in [0, 0.1) is 6.92 Å². The molecule has 47 heavy (non-hydrogen) atoms. The largest absolute Gasteiger partial charge is 0.444 e. The van der Waals surface area contributed by atoms with Crippen LogP contribution in [0.5, 0.6) is 0 Å². The highest BCUT2D eigenvalue weighted by atomic mass is 79.9. The number of aryl methyl sites for hydroxylation is 3. The molecule has 0 bridgehead atoms. The van der Waals surface area contributed by atoms with Gasteiger partial charge >= 0.3 is 6.09 Å². The highest BCUT2D eigenvalue weighted by Crippen LogP contribution is 2.39. The molecular weight excluding hydrogens is 708 g/mol. The molecule has 0 radical (unpaired) electrons. The van der Waals surface area contributed by atoms with Gasteiger partial charge in [-0.2, -0.15) is 0 Å². The molecule has 2 fully saturated rings. The molecule has 3 aromatic rings. The van der Waals surface area contributed by atoms with Crippen LogP contribution in [0.1, 0.15) is 55.0 Å². The number of nitrogens with zero attached hydrogens (tertiary/aromatic N) is 6. The summed E-state index contributed by atoms with van der Waals surface area (Å²) in [5, 5.41) is -0.137. The number of hydrogen-bond acceptors (Lipinski definition) is 8. The first-order valence-corrected chi connectivity index (χ1v) is 18.7. The molecule has 6 rings (SSSR count). The number of fused-ring (bicyclic) bond motifs is 2. The van der Waals surface area contributed by atoms with Gasteiger partial charge in [0, 0.05) is 67.4 Å². The summed E-state index contributed by atoms with van der Waals surface area (Å²) >= 11 is 10.0. The molecule has 3 atom stereocenters. The maximum absolute atomic E-state index is 14.5. The summed E-state index contributed by atoms with van der Waals surface area (Å²) in [5.74, 6) is 0.258. The Morgan fingerprint density at radius 3 is 2.55 bits per heavy atom. The number of halogens is 2. The third-order valence-electron chi connectivity index (χ3n) is 9.19. The number of aromatic nitrogens is 3. The predicted molar refractivity (Wildman–Crippen MR) is 182 cm³/mol. The van der Waals surface area contributed by atoms with E-state index >= 15 is 0 Å². The molecule has 14 heteroatoms. The first-order chi connectivity index (χ1) is 22.2. The number of hydrogen-bond donors (Lipinski definition) is 0. The van der Waals surface area contributed by atoms with Crippen LogP contribution in [0.15, 0.2) is 47.3 Å². The number of amides is 2. The standard InChI is InChI=1S/C33H40BrClN6O5S/c1-21-36-9-10-38(21)18-26-19-40(13-14-47(26,44)45)31(42)28-20-39(11-12-41(28)32(43)46-33(2,3)4)30-27-8-7-25(35)16-22(27)5-6-23-15-24(34)17-37-29(23)30/h7-10,15-17,26,28,30H,5-6,11-14,18-20H2,1-4H3/t26?,28-,30+/m1/s1. The van der Waals surface area contributed by atoms with Crippen molar-refractivity contribution in [2.75, 3.05) is 38.5 Å². The van der Waals surface area contributed by atoms with Crippen LogP contribution in [-0.4, -0.2) is 105 Å². The van der Waals surface area contributed by atoms with Gasteiger partial charge in [-0.05, 0) is 91.4 Å². The van der Waals surface area contributed by atoms with Crippen molar-refractivity contribution < 1.29 is 22.7 Å². The fraction of sp³-hybridized carbons (Fsp3) is 0.515. The number of benzene rings is 1. The zero-order valence-electron chi connectivity index (χ0n) is 27.0. The quantitative estimate of drug-likeness (QED) is 0.385. The van der Waals surface area contributed by atoms with Crippen LogP contribution in [-0.2, 0) is 38.8 Å². The Morgan fingerprint density at radius 1 is 1.06 bits per heavy atom. The molecule has 0 saturated carbocycles. The van der Waals surface area contributed by atoms with Crippen LogP contribution in [0.4, 0.5) is 4.79 Å². The summed E-state index contributed by atoms with van der Waals surface area (Å²) in [6, 6.07) is 6.85. The van der Waals surface area contributed by atoms with Crippen molar-refractivity contribution in [1.82, 2.24) is 29.2 Å². The summed E-state index contributed by atoms with van der Waals surface area (Å²) in [6.45, 7) is 8.44. The number of ether oxygens (including phenoxy) is 1. The topological polar surface area (TPSA) is 118 Å². The number of pyridine rings is 1.